The predicted molar refractivity (Wildman–Crippen MR) is 77.1 cm³/mol. The fraction of sp³-hybridized carbons (Fsp3) is 0.333. The molecule has 1 saturated heterocycles. The minimum absolute atomic E-state index is 0.240. The van der Waals surface area contributed by atoms with Crippen LogP contribution in [0.1, 0.15) is 6.42 Å². The van der Waals surface area contributed by atoms with Crippen LogP contribution < -0.4 is 10.2 Å². The first-order chi connectivity index (χ1) is 9.83. The molecule has 1 aliphatic rings. The van der Waals surface area contributed by atoms with E-state index >= 15 is 0 Å². The molecule has 3 rings (SSSR count). The first-order valence-corrected chi connectivity index (χ1v) is 6.88. The number of halogens is 1. The molecule has 104 valence electrons. The number of nitrogens with zero attached hydrogens (tertiary/aromatic N) is 3. The summed E-state index contributed by atoms with van der Waals surface area (Å²) in [5.74, 6) is 0.662. The molecule has 1 aromatic carbocycles. The van der Waals surface area contributed by atoms with Crippen LogP contribution in [0.25, 0.3) is 11.3 Å². The molecule has 0 atom stereocenters. The number of hydrogen-bond donors (Lipinski definition) is 1. The normalized spacial score (nSPS) is 15.9. The Morgan fingerprint density at radius 2 is 1.80 bits per heavy atom. The Hall–Kier alpha value is -2.01. The molecule has 2 heterocycles. The molecule has 0 saturated carbocycles. The zero-order chi connectivity index (χ0) is 13.8. The zero-order valence-electron chi connectivity index (χ0n) is 11.2. The van der Waals surface area contributed by atoms with Crippen molar-refractivity contribution in [2.24, 2.45) is 0 Å². The highest BCUT2D eigenvalue weighted by Gasteiger charge is 2.11. The summed E-state index contributed by atoms with van der Waals surface area (Å²) in [6, 6.07) is 10.2. The number of hydrogen-bond acceptors (Lipinski definition) is 4. The van der Waals surface area contributed by atoms with Gasteiger partial charge in [0.15, 0.2) is 5.82 Å². The number of anilines is 1. The van der Waals surface area contributed by atoms with Gasteiger partial charge in [0.2, 0.25) is 0 Å². The SMILES string of the molecule is Fc1ccc(-c2ccc(N3CCCNCC3)nn2)cc1. The number of aromatic nitrogens is 2. The molecule has 0 radical (unpaired) electrons. The molecular formula is C15H17FN4. The van der Waals surface area contributed by atoms with Crippen molar-refractivity contribution < 1.29 is 4.39 Å². The predicted octanol–water partition coefficient (Wildman–Crippen LogP) is 2.08. The van der Waals surface area contributed by atoms with Gasteiger partial charge in [-0.15, -0.1) is 10.2 Å². The summed E-state index contributed by atoms with van der Waals surface area (Å²) in [4.78, 5) is 2.24. The van der Waals surface area contributed by atoms with Crippen molar-refractivity contribution in [3.8, 4) is 11.3 Å². The van der Waals surface area contributed by atoms with Gasteiger partial charge < -0.3 is 10.2 Å². The van der Waals surface area contributed by atoms with Crippen LogP contribution in [0.2, 0.25) is 0 Å². The Morgan fingerprint density at radius 3 is 2.55 bits per heavy atom. The monoisotopic (exact) mass is 272 g/mol. The van der Waals surface area contributed by atoms with E-state index in [1.807, 2.05) is 12.1 Å². The highest BCUT2D eigenvalue weighted by Crippen LogP contribution is 2.19. The summed E-state index contributed by atoms with van der Waals surface area (Å²) in [6.07, 6.45) is 1.11. The zero-order valence-corrected chi connectivity index (χ0v) is 11.2. The molecule has 0 spiro atoms. The molecule has 0 bridgehead atoms. The van der Waals surface area contributed by atoms with E-state index in [4.69, 9.17) is 0 Å². The van der Waals surface area contributed by atoms with Crippen molar-refractivity contribution in [1.29, 1.82) is 0 Å². The Labute approximate surface area is 117 Å². The van der Waals surface area contributed by atoms with Crippen LogP contribution in [-0.4, -0.2) is 36.4 Å². The van der Waals surface area contributed by atoms with E-state index in [2.05, 4.69) is 20.4 Å². The fourth-order valence-electron chi connectivity index (χ4n) is 2.34. The smallest absolute Gasteiger partial charge is 0.151 e. The number of rotatable bonds is 2. The van der Waals surface area contributed by atoms with E-state index in [0.29, 0.717) is 0 Å². The third-order valence-corrected chi connectivity index (χ3v) is 3.45. The van der Waals surface area contributed by atoms with Crippen molar-refractivity contribution in [3.05, 3.63) is 42.2 Å². The van der Waals surface area contributed by atoms with Crippen molar-refractivity contribution in [2.75, 3.05) is 31.1 Å². The molecule has 1 aromatic heterocycles. The summed E-state index contributed by atoms with van der Waals surface area (Å²) in [6.45, 7) is 3.97. The van der Waals surface area contributed by atoms with Crippen molar-refractivity contribution in [2.45, 2.75) is 6.42 Å². The molecule has 0 unspecified atom stereocenters. The van der Waals surface area contributed by atoms with E-state index in [-0.39, 0.29) is 5.82 Å². The van der Waals surface area contributed by atoms with Gasteiger partial charge in [0.25, 0.3) is 0 Å². The quantitative estimate of drug-likeness (QED) is 0.909. The summed E-state index contributed by atoms with van der Waals surface area (Å²) in [5.41, 5.74) is 1.64. The van der Waals surface area contributed by atoms with Gasteiger partial charge in [0.05, 0.1) is 5.69 Å². The topological polar surface area (TPSA) is 41.0 Å². The molecule has 1 aliphatic heterocycles. The Morgan fingerprint density at radius 1 is 0.950 bits per heavy atom. The Kier molecular flexibility index (Phi) is 3.87. The number of benzene rings is 1. The van der Waals surface area contributed by atoms with E-state index in [9.17, 15) is 4.39 Å². The average Bonchev–Trinajstić information content (AvgIpc) is 2.77. The summed E-state index contributed by atoms with van der Waals surface area (Å²) in [7, 11) is 0. The lowest BCUT2D eigenvalue weighted by molar-refractivity contribution is 0.628. The van der Waals surface area contributed by atoms with Crippen LogP contribution in [0, 0.1) is 5.82 Å². The lowest BCUT2D eigenvalue weighted by Gasteiger charge is -2.20. The highest BCUT2D eigenvalue weighted by molar-refractivity contribution is 5.59. The molecule has 0 aliphatic carbocycles. The molecule has 1 N–H and O–H groups in total. The minimum atomic E-state index is -0.240. The van der Waals surface area contributed by atoms with E-state index in [1.54, 1.807) is 12.1 Å². The van der Waals surface area contributed by atoms with Crippen LogP contribution in [0.15, 0.2) is 36.4 Å². The molecule has 4 nitrogen and oxygen atoms in total. The summed E-state index contributed by atoms with van der Waals surface area (Å²) in [5, 5.41) is 11.9. The van der Waals surface area contributed by atoms with Crippen molar-refractivity contribution in [3.63, 3.8) is 0 Å². The highest BCUT2D eigenvalue weighted by atomic mass is 19.1. The standard InChI is InChI=1S/C15H17FN4/c16-13-4-2-12(3-5-13)14-6-7-15(19-18-14)20-10-1-8-17-9-11-20/h2-7,17H,1,8-11H2. The Balaban J connectivity index is 1.78. The van der Waals surface area contributed by atoms with E-state index < -0.39 is 0 Å². The van der Waals surface area contributed by atoms with Gasteiger partial charge in [-0.2, -0.15) is 0 Å². The average molecular weight is 272 g/mol. The van der Waals surface area contributed by atoms with Gasteiger partial charge in [-0.05, 0) is 49.4 Å². The maximum Gasteiger partial charge on any atom is 0.151 e. The largest absolute Gasteiger partial charge is 0.354 e. The van der Waals surface area contributed by atoms with Gasteiger partial charge in [-0.1, -0.05) is 0 Å². The Bertz CT molecular complexity index is 545. The minimum Gasteiger partial charge on any atom is -0.354 e. The molecule has 20 heavy (non-hydrogen) atoms. The van der Waals surface area contributed by atoms with Crippen LogP contribution in [-0.2, 0) is 0 Å². The van der Waals surface area contributed by atoms with Gasteiger partial charge in [0, 0.05) is 25.2 Å². The van der Waals surface area contributed by atoms with Crippen molar-refractivity contribution in [1.82, 2.24) is 15.5 Å². The second kappa shape index (κ2) is 5.96. The van der Waals surface area contributed by atoms with Gasteiger partial charge in [-0.25, -0.2) is 4.39 Å². The molecule has 1 fully saturated rings. The third-order valence-electron chi connectivity index (χ3n) is 3.45. The molecular weight excluding hydrogens is 255 g/mol. The first-order valence-electron chi connectivity index (χ1n) is 6.88. The van der Waals surface area contributed by atoms with Crippen LogP contribution in [0.5, 0.6) is 0 Å². The third kappa shape index (κ3) is 2.93. The molecule has 0 amide bonds. The maximum atomic E-state index is 12.9. The lowest BCUT2D eigenvalue weighted by Crippen LogP contribution is -2.28. The second-order valence-electron chi connectivity index (χ2n) is 4.87. The van der Waals surface area contributed by atoms with Crippen LogP contribution in [0.3, 0.4) is 0 Å². The lowest BCUT2D eigenvalue weighted by atomic mass is 10.1. The molecule has 2 aromatic rings. The van der Waals surface area contributed by atoms with Crippen LogP contribution in [0.4, 0.5) is 10.2 Å². The second-order valence-corrected chi connectivity index (χ2v) is 4.87. The van der Waals surface area contributed by atoms with Crippen molar-refractivity contribution >= 4 is 5.82 Å². The first kappa shape index (κ1) is 13.0. The summed E-state index contributed by atoms with van der Waals surface area (Å²) < 4.78 is 12.9. The van der Waals surface area contributed by atoms with Gasteiger partial charge >= 0.3 is 0 Å². The van der Waals surface area contributed by atoms with E-state index in [0.717, 1.165) is 49.7 Å². The number of nitrogens with one attached hydrogen (secondary N) is 1. The maximum absolute atomic E-state index is 12.9. The molecule has 5 heteroatoms. The van der Waals surface area contributed by atoms with Gasteiger partial charge in [0.1, 0.15) is 5.82 Å². The summed E-state index contributed by atoms with van der Waals surface area (Å²) >= 11 is 0. The fourth-order valence-corrected chi connectivity index (χ4v) is 2.34. The van der Waals surface area contributed by atoms with Crippen LogP contribution >= 0.6 is 0 Å². The van der Waals surface area contributed by atoms with E-state index in [1.165, 1.54) is 12.1 Å². The van der Waals surface area contributed by atoms with Gasteiger partial charge in [-0.3, -0.25) is 0 Å².